The highest BCUT2D eigenvalue weighted by molar-refractivity contribution is 5.47. The van der Waals surface area contributed by atoms with Crippen LogP contribution in [-0.2, 0) is 11.2 Å². The van der Waals surface area contributed by atoms with E-state index in [1.165, 1.54) is 0 Å². The third kappa shape index (κ3) is 2.27. The zero-order chi connectivity index (χ0) is 11.4. The number of benzene rings is 1. The van der Waals surface area contributed by atoms with Crippen LogP contribution in [0, 0.1) is 0 Å². The van der Waals surface area contributed by atoms with E-state index >= 15 is 0 Å². The Morgan fingerprint density at radius 2 is 2.19 bits per heavy atom. The fourth-order valence-electron chi connectivity index (χ4n) is 1.65. The molecule has 0 spiro atoms. The first kappa shape index (κ1) is 10.8. The first-order valence-corrected chi connectivity index (χ1v) is 5.41. The van der Waals surface area contributed by atoms with Crippen LogP contribution in [0.25, 0.3) is 0 Å². The van der Waals surface area contributed by atoms with Gasteiger partial charge < -0.3 is 14.4 Å². The molecule has 0 bridgehead atoms. The quantitative estimate of drug-likeness (QED) is 0.706. The van der Waals surface area contributed by atoms with Gasteiger partial charge >= 0.3 is 0 Å². The lowest BCUT2D eigenvalue weighted by Gasteiger charge is -2.14. The Morgan fingerprint density at radius 3 is 2.94 bits per heavy atom. The summed E-state index contributed by atoms with van der Waals surface area (Å²) in [6.45, 7) is 3.75. The summed E-state index contributed by atoms with van der Waals surface area (Å²) in [5, 5.41) is 0. The van der Waals surface area contributed by atoms with Crippen molar-refractivity contribution in [3.63, 3.8) is 0 Å². The molecule has 1 aromatic rings. The molecule has 0 aromatic heterocycles. The van der Waals surface area contributed by atoms with Crippen LogP contribution in [0.3, 0.4) is 0 Å². The smallest absolute Gasteiger partial charge is 0.231 e. The van der Waals surface area contributed by atoms with Gasteiger partial charge in [0, 0.05) is 13.1 Å². The second-order valence-corrected chi connectivity index (χ2v) is 3.67. The number of hydrogen-bond donors (Lipinski definition) is 0. The average molecular weight is 221 g/mol. The van der Waals surface area contributed by atoms with Gasteiger partial charge in [-0.1, -0.05) is 6.07 Å². The topological polar surface area (TPSA) is 38.8 Å². The summed E-state index contributed by atoms with van der Waals surface area (Å²) in [4.78, 5) is 12.4. The maximum atomic E-state index is 10.6. The number of carbonyl (C=O) groups excluding carboxylic acids is 1. The van der Waals surface area contributed by atoms with E-state index in [1.807, 2.05) is 25.1 Å². The average Bonchev–Trinajstić information content (AvgIpc) is 2.77. The Hall–Kier alpha value is -1.71. The third-order valence-corrected chi connectivity index (χ3v) is 2.68. The number of carbonyl (C=O) groups is 1. The summed E-state index contributed by atoms with van der Waals surface area (Å²) in [6.07, 6.45) is 1.72. The van der Waals surface area contributed by atoms with Crippen molar-refractivity contribution >= 4 is 6.41 Å². The summed E-state index contributed by atoms with van der Waals surface area (Å²) in [7, 11) is 0. The first-order valence-electron chi connectivity index (χ1n) is 5.41. The fourth-order valence-corrected chi connectivity index (χ4v) is 1.65. The molecule has 4 nitrogen and oxygen atoms in total. The van der Waals surface area contributed by atoms with Gasteiger partial charge in [0.05, 0.1) is 0 Å². The Labute approximate surface area is 94.8 Å². The van der Waals surface area contributed by atoms with Gasteiger partial charge in [-0.15, -0.1) is 0 Å². The predicted molar refractivity (Wildman–Crippen MR) is 59.6 cm³/mol. The molecule has 0 atom stereocenters. The lowest BCUT2D eigenvalue weighted by atomic mass is 10.1. The van der Waals surface area contributed by atoms with Crippen LogP contribution in [0.2, 0.25) is 0 Å². The summed E-state index contributed by atoms with van der Waals surface area (Å²) < 4.78 is 10.5. The van der Waals surface area contributed by atoms with Gasteiger partial charge in [-0.25, -0.2) is 0 Å². The predicted octanol–water partition coefficient (Wildman–Crippen LogP) is 1.44. The van der Waals surface area contributed by atoms with Crippen molar-refractivity contribution in [2.45, 2.75) is 13.3 Å². The largest absolute Gasteiger partial charge is 0.454 e. The van der Waals surface area contributed by atoms with Crippen LogP contribution < -0.4 is 9.47 Å². The minimum atomic E-state index is 0.300. The Kier molecular flexibility index (Phi) is 3.29. The molecule has 1 aliphatic heterocycles. The summed E-state index contributed by atoms with van der Waals surface area (Å²) in [5.74, 6) is 1.60. The number of amides is 1. The summed E-state index contributed by atoms with van der Waals surface area (Å²) >= 11 is 0. The molecule has 4 heteroatoms. The SMILES string of the molecule is CCN(C=O)CCc1ccc2c(c1)OCO2. The molecule has 0 saturated heterocycles. The highest BCUT2D eigenvalue weighted by Gasteiger charge is 2.13. The molecule has 16 heavy (non-hydrogen) atoms. The number of hydrogen-bond acceptors (Lipinski definition) is 3. The molecule has 86 valence electrons. The van der Waals surface area contributed by atoms with E-state index < -0.39 is 0 Å². The maximum Gasteiger partial charge on any atom is 0.231 e. The van der Waals surface area contributed by atoms with Crippen molar-refractivity contribution < 1.29 is 14.3 Å². The molecule has 0 radical (unpaired) electrons. The highest BCUT2D eigenvalue weighted by atomic mass is 16.7. The molecule has 0 unspecified atom stereocenters. The first-order chi connectivity index (χ1) is 7.83. The molecule has 0 N–H and O–H groups in total. The van der Waals surface area contributed by atoms with E-state index in [9.17, 15) is 4.79 Å². The molecule has 0 aliphatic carbocycles. The van der Waals surface area contributed by atoms with Crippen molar-refractivity contribution in [2.75, 3.05) is 19.9 Å². The van der Waals surface area contributed by atoms with E-state index in [4.69, 9.17) is 9.47 Å². The van der Waals surface area contributed by atoms with Crippen LogP contribution >= 0.6 is 0 Å². The van der Waals surface area contributed by atoms with Crippen molar-refractivity contribution in [1.82, 2.24) is 4.90 Å². The number of ether oxygens (including phenoxy) is 2. The molecule has 2 rings (SSSR count). The van der Waals surface area contributed by atoms with Crippen molar-refractivity contribution in [1.29, 1.82) is 0 Å². The molecule has 1 aromatic carbocycles. The van der Waals surface area contributed by atoms with Gasteiger partial charge in [0.1, 0.15) is 0 Å². The molecule has 1 aliphatic rings. The van der Waals surface area contributed by atoms with Gasteiger partial charge in [-0.05, 0) is 31.0 Å². The fraction of sp³-hybridized carbons (Fsp3) is 0.417. The van der Waals surface area contributed by atoms with Crippen LogP contribution in [0.4, 0.5) is 0 Å². The Bertz CT molecular complexity index is 379. The van der Waals surface area contributed by atoms with Gasteiger partial charge in [0.25, 0.3) is 0 Å². The van der Waals surface area contributed by atoms with Crippen LogP contribution in [0.1, 0.15) is 12.5 Å². The normalized spacial score (nSPS) is 12.6. The second kappa shape index (κ2) is 4.88. The van der Waals surface area contributed by atoms with E-state index in [-0.39, 0.29) is 0 Å². The number of rotatable bonds is 5. The zero-order valence-corrected chi connectivity index (χ0v) is 9.31. The monoisotopic (exact) mass is 221 g/mol. The van der Waals surface area contributed by atoms with Crippen LogP contribution in [0.15, 0.2) is 18.2 Å². The van der Waals surface area contributed by atoms with E-state index in [0.29, 0.717) is 6.79 Å². The number of likely N-dealkylation sites (N-methyl/N-ethyl adjacent to an activating group) is 1. The maximum absolute atomic E-state index is 10.6. The van der Waals surface area contributed by atoms with Crippen LogP contribution in [0.5, 0.6) is 11.5 Å². The lowest BCUT2D eigenvalue weighted by molar-refractivity contribution is -0.117. The number of nitrogens with zero attached hydrogens (tertiary/aromatic N) is 1. The van der Waals surface area contributed by atoms with E-state index in [1.54, 1.807) is 4.90 Å². The summed E-state index contributed by atoms with van der Waals surface area (Å²) in [5.41, 5.74) is 1.16. The van der Waals surface area contributed by atoms with Crippen LogP contribution in [-0.4, -0.2) is 31.2 Å². The molecule has 1 amide bonds. The molecule has 0 fully saturated rings. The molecule has 1 heterocycles. The molecular formula is C12H15NO3. The Morgan fingerprint density at radius 1 is 1.38 bits per heavy atom. The highest BCUT2D eigenvalue weighted by Crippen LogP contribution is 2.32. The summed E-state index contributed by atoms with van der Waals surface area (Å²) in [6, 6.07) is 5.89. The van der Waals surface area contributed by atoms with Gasteiger partial charge in [0.2, 0.25) is 13.2 Å². The standard InChI is InChI=1S/C12H15NO3/c1-2-13(8-14)6-5-10-3-4-11-12(7-10)16-9-15-11/h3-4,7-8H,2,5-6,9H2,1H3. The third-order valence-electron chi connectivity index (χ3n) is 2.68. The minimum Gasteiger partial charge on any atom is -0.454 e. The van der Waals surface area contributed by atoms with Gasteiger partial charge in [0.15, 0.2) is 11.5 Å². The van der Waals surface area contributed by atoms with E-state index in [0.717, 1.165) is 43.0 Å². The number of fused-ring (bicyclic) bond motifs is 1. The Balaban J connectivity index is 1.97. The second-order valence-electron chi connectivity index (χ2n) is 3.67. The zero-order valence-electron chi connectivity index (χ0n) is 9.31. The van der Waals surface area contributed by atoms with Crippen molar-refractivity contribution in [3.8, 4) is 11.5 Å². The van der Waals surface area contributed by atoms with E-state index in [2.05, 4.69) is 0 Å². The lowest BCUT2D eigenvalue weighted by Crippen LogP contribution is -2.23. The van der Waals surface area contributed by atoms with Gasteiger partial charge in [-0.2, -0.15) is 0 Å². The van der Waals surface area contributed by atoms with Gasteiger partial charge in [-0.3, -0.25) is 4.79 Å². The minimum absolute atomic E-state index is 0.300. The van der Waals surface area contributed by atoms with Crippen molar-refractivity contribution in [2.24, 2.45) is 0 Å². The molecular weight excluding hydrogens is 206 g/mol. The molecule has 0 saturated carbocycles. The van der Waals surface area contributed by atoms with Crippen molar-refractivity contribution in [3.05, 3.63) is 23.8 Å².